The molecule has 1 aromatic carbocycles. The van der Waals surface area contributed by atoms with Gasteiger partial charge in [0.1, 0.15) is 0 Å². The molecule has 2 aromatic rings. The molecule has 0 bridgehead atoms. The van der Waals surface area contributed by atoms with Crippen molar-refractivity contribution in [3.63, 3.8) is 0 Å². The molecular weight excluding hydrogens is 298 g/mol. The number of imidazole rings is 1. The number of rotatable bonds is 4. The number of ether oxygens (including phenoxy) is 1. The summed E-state index contributed by atoms with van der Waals surface area (Å²) in [4.78, 5) is 6.65. The van der Waals surface area contributed by atoms with Crippen LogP contribution in [0.4, 0.5) is 0 Å². The van der Waals surface area contributed by atoms with Crippen molar-refractivity contribution in [2.75, 3.05) is 26.3 Å². The quantitative estimate of drug-likeness (QED) is 0.868. The zero-order chi connectivity index (χ0) is 15.4. The highest BCUT2D eigenvalue weighted by molar-refractivity contribution is 6.31. The molecule has 0 unspecified atom stereocenters. The maximum Gasteiger partial charge on any atom is 0.0945 e. The molecule has 2 heterocycles. The zero-order valence-electron chi connectivity index (χ0n) is 12.9. The molecule has 0 aliphatic carbocycles. The third-order valence-corrected chi connectivity index (χ3v) is 4.56. The standard InChI is InChI=1S/C17H22ClN3O/c1-20-13-19-9-16(20)11-21-6-7-22-12-14(10-21)8-15-4-2-3-5-17(15)18/h2-5,9,13-14H,6-8,10-12H2,1H3/t14-/m0/s1. The number of hydrogen-bond donors (Lipinski definition) is 0. The van der Waals surface area contributed by atoms with Crippen LogP contribution >= 0.6 is 11.6 Å². The fourth-order valence-corrected chi connectivity index (χ4v) is 3.17. The number of aromatic nitrogens is 2. The lowest BCUT2D eigenvalue weighted by Gasteiger charge is -2.23. The molecule has 0 radical (unpaired) electrons. The van der Waals surface area contributed by atoms with Crippen molar-refractivity contribution in [3.05, 3.63) is 53.1 Å². The summed E-state index contributed by atoms with van der Waals surface area (Å²) in [6.45, 7) is 4.49. The maximum absolute atomic E-state index is 6.29. The Labute approximate surface area is 136 Å². The van der Waals surface area contributed by atoms with Gasteiger partial charge in [0.25, 0.3) is 0 Å². The van der Waals surface area contributed by atoms with Gasteiger partial charge >= 0.3 is 0 Å². The molecule has 4 nitrogen and oxygen atoms in total. The Morgan fingerprint density at radius 3 is 3.00 bits per heavy atom. The maximum atomic E-state index is 6.29. The van der Waals surface area contributed by atoms with Gasteiger partial charge in [-0.2, -0.15) is 0 Å². The van der Waals surface area contributed by atoms with E-state index in [9.17, 15) is 0 Å². The van der Waals surface area contributed by atoms with E-state index in [2.05, 4.69) is 20.5 Å². The predicted octanol–water partition coefficient (Wildman–Crippen LogP) is 2.76. The van der Waals surface area contributed by atoms with Crippen LogP contribution in [0, 0.1) is 5.92 Å². The Morgan fingerprint density at radius 2 is 2.23 bits per heavy atom. The number of halogens is 1. The second kappa shape index (κ2) is 7.27. The van der Waals surface area contributed by atoms with E-state index in [-0.39, 0.29) is 0 Å². The van der Waals surface area contributed by atoms with E-state index in [1.165, 1.54) is 11.3 Å². The third-order valence-electron chi connectivity index (χ3n) is 4.19. The number of hydrogen-bond acceptors (Lipinski definition) is 3. The highest BCUT2D eigenvalue weighted by Gasteiger charge is 2.20. The second-order valence-corrected chi connectivity index (χ2v) is 6.37. The number of benzene rings is 1. The van der Waals surface area contributed by atoms with E-state index < -0.39 is 0 Å². The van der Waals surface area contributed by atoms with Gasteiger partial charge in [-0.1, -0.05) is 29.8 Å². The van der Waals surface area contributed by atoms with Crippen molar-refractivity contribution < 1.29 is 4.74 Å². The van der Waals surface area contributed by atoms with Crippen LogP contribution in [-0.2, 0) is 24.8 Å². The van der Waals surface area contributed by atoms with Crippen molar-refractivity contribution in [3.8, 4) is 0 Å². The van der Waals surface area contributed by atoms with Gasteiger partial charge in [0.15, 0.2) is 0 Å². The first-order valence-corrected chi connectivity index (χ1v) is 8.09. The van der Waals surface area contributed by atoms with Crippen molar-refractivity contribution in [1.82, 2.24) is 14.5 Å². The van der Waals surface area contributed by atoms with Crippen LogP contribution in [0.25, 0.3) is 0 Å². The fourth-order valence-electron chi connectivity index (χ4n) is 2.96. The predicted molar refractivity (Wildman–Crippen MR) is 88.0 cm³/mol. The average molecular weight is 320 g/mol. The Kier molecular flexibility index (Phi) is 5.13. The summed E-state index contributed by atoms with van der Waals surface area (Å²) < 4.78 is 7.87. The highest BCUT2D eigenvalue weighted by Crippen LogP contribution is 2.21. The van der Waals surface area contributed by atoms with Crippen LogP contribution < -0.4 is 0 Å². The summed E-state index contributed by atoms with van der Waals surface area (Å²) in [5.41, 5.74) is 2.44. The minimum absolute atomic E-state index is 0.468. The van der Waals surface area contributed by atoms with Gasteiger partial charge in [-0.25, -0.2) is 4.98 Å². The van der Waals surface area contributed by atoms with E-state index in [1.54, 1.807) is 0 Å². The molecule has 1 aromatic heterocycles. The molecule has 22 heavy (non-hydrogen) atoms. The van der Waals surface area contributed by atoms with Crippen molar-refractivity contribution in [2.45, 2.75) is 13.0 Å². The first-order chi connectivity index (χ1) is 10.7. The van der Waals surface area contributed by atoms with E-state index in [0.29, 0.717) is 5.92 Å². The molecule has 1 fully saturated rings. The minimum Gasteiger partial charge on any atom is -0.380 e. The second-order valence-electron chi connectivity index (χ2n) is 5.97. The Bertz CT molecular complexity index is 613. The average Bonchev–Trinajstić information content (AvgIpc) is 2.78. The molecule has 1 atom stereocenters. The zero-order valence-corrected chi connectivity index (χ0v) is 13.7. The summed E-state index contributed by atoms with van der Waals surface area (Å²) in [5.74, 6) is 0.468. The van der Waals surface area contributed by atoms with Crippen molar-refractivity contribution in [2.24, 2.45) is 13.0 Å². The van der Waals surface area contributed by atoms with Gasteiger partial charge in [0, 0.05) is 37.9 Å². The molecular formula is C17H22ClN3O. The van der Waals surface area contributed by atoms with Crippen LogP contribution in [0.3, 0.4) is 0 Å². The lowest BCUT2D eigenvalue weighted by molar-refractivity contribution is 0.121. The monoisotopic (exact) mass is 319 g/mol. The number of nitrogens with zero attached hydrogens (tertiary/aromatic N) is 3. The van der Waals surface area contributed by atoms with E-state index in [1.807, 2.05) is 37.8 Å². The Morgan fingerprint density at radius 1 is 1.36 bits per heavy atom. The SMILES string of the molecule is Cn1cncc1CN1CCOC[C@@H](Cc2ccccc2Cl)C1. The number of aryl methyl sites for hydroxylation is 1. The molecule has 3 rings (SSSR count). The van der Waals surface area contributed by atoms with Gasteiger partial charge in [0.2, 0.25) is 0 Å². The summed E-state index contributed by atoms with van der Waals surface area (Å²) >= 11 is 6.29. The molecule has 1 aliphatic rings. The molecule has 1 aliphatic heterocycles. The van der Waals surface area contributed by atoms with Gasteiger partial charge in [0.05, 0.1) is 25.2 Å². The summed E-state index contributed by atoms with van der Waals surface area (Å²) in [6.07, 6.45) is 4.75. The van der Waals surface area contributed by atoms with Crippen molar-refractivity contribution >= 4 is 11.6 Å². The summed E-state index contributed by atoms with van der Waals surface area (Å²) in [5, 5.41) is 0.852. The Hall–Kier alpha value is -1.36. The van der Waals surface area contributed by atoms with Crippen LogP contribution in [0.5, 0.6) is 0 Å². The van der Waals surface area contributed by atoms with Crippen LogP contribution in [-0.4, -0.2) is 40.8 Å². The third kappa shape index (κ3) is 3.88. The largest absolute Gasteiger partial charge is 0.380 e. The first-order valence-electron chi connectivity index (χ1n) is 7.71. The molecule has 118 valence electrons. The molecule has 0 amide bonds. The highest BCUT2D eigenvalue weighted by atomic mass is 35.5. The van der Waals surface area contributed by atoms with Crippen LogP contribution in [0.1, 0.15) is 11.3 Å². The lowest BCUT2D eigenvalue weighted by atomic mass is 9.99. The minimum atomic E-state index is 0.468. The Balaban J connectivity index is 1.65. The molecule has 0 N–H and O–H groups in total. The van der Waals surface area contributed by atoms with Gasteiger partial charge in [-0.05, 0) is 24.0 Å². The molecule has 0 spiro atoms. The fraction of sp³-hybridized carbons (Fsp3) is 0.471. The topological polar surface area (TPSA) is 30.3 Å². The summed E-state index contributed by atoms with van der Waals surface area (Å²) in [6, 6.07) is 8.09. The van der Waals surface area contributed by atoms with Gasteiger partial charge < -0.3 is 9.30 Å². The lowest BCUT2D eigenvalue weighted by Crippen LogP contribution is -2.31. The molecule has 5 heteroatoms. The van der Waals surface area contributed by atoms with Gasteiger partial charge in [-0.3, -0.25) is 4.90 Å². The van der Waals surface area contributed by atoms with Crippen LogP contribution in [0.15, 0.2) is 36.8 Å². The first kappa shape index (κ1) is 15.5. The van der Waals surface area contributed by atoms with Crippen molar-refractivity contribution in [1.29, 1.82) is 0 Å². The van der Waals surface area contributed by atoms with Crippen LogP contribution in [0.2, 0.25) is 5.02 Å². The van der Waals surface area contributed by atoms with E-state index >= 15 is 0 Å². The summed E-state index contributed by atoms with van der Waals surface area (Å²) in [7, 11) is 2.04. The van der Waals surface area contributed by atoms with Gasteiger partial charge in [-0.15, -0.1) is 0 Å². The molecule has 1 saturated heterocycles. The molecule has 0 saturated carbocycles. The van der Waals surface area contributed by atoms with E-state index in [4.69, 9.17) is 16.3 Å². The normalized spacial score (nSPS) is 20.0. The smallest absolute Gasteiger partial charge is 0.0945 e. The van der Waals surface area contributed by atoms with E-state index in [0.717, 1.165) is 44.3 Å².